The van der Waals surface area contributed by atoms with Crippen LogP contribution in [0.5, 0.6) is 0 Å². The van der Waals surface area contributed by atoms with Crippen LogP contribution in [0, 0.1) is 0 Å². The molecule has 1 aromatic carbocycles. The van der Waals surface area contributed by atoms with E-state index in [0.717, 1.165) is 29.9 Å². The van der Waals surface area contributed by atoms with Crippen LogP contribution < -0.4 is 5.32 Å². The predicted molar refractivity (Wildman–Crippen MR) is 76.0 cm³/mol. The van der Waals surface area contributed by atoms with Crippen LogP contribution in [0.2, 0.25) is 10.0 Å². The van der Waals surface area contributed by atoms with Crippen molar-refractivity contribution in [1.29, 1.82) is 0 Å². The molecule has 0 saturated heterocycles. The maximum Gasteiger partial charge on any atom is 0.0983 e. The highest BCUT2D eigenvalue weighted by Crippen LogP contribution is 2.34. The van der Waals surface area contributed by atoms with E-state index < -0.39 is 0 Å². The van der Waals surface area contributed by atoms with E-state index in [9.17, 15) is 0 Å². The fourth-order valence-electron chi connectivity index (χ4n) is 1.84. The molecule has 0 aliphatic heterocycles. The summed E-state index contributed by atoms with van der Waals surface area (Å²) in [5.74, 6) is 0. The first-order valence-electron chi connectivity index (χ1n) is 5.81. The van der Waals surface area contributed by atoms with Gasteiger partial charge in [-0.15, -0.1) is 0 Å². The van der Waals surface area contributed by atoms with Gasteiger partial charge in [0.05, 0.1) is 15.7 Å². The van der Waals surface area contributed by atoms with Gasteiger partial charge < -0.3 is 5.32 Å². The molecule has 1 heterocycles. The molecule has 0 unspecified atom stereocenters. The van der Waals surface area contributed by atoms with Crippen LogP contribution in [0.4, 0.5) is 0 Å². The monoisotopic (exact) mass is 283 g/mol. The number of nitrogens with one attached hydrogen (secondary N) is 1. The fraction of sp³-hybridized carbons (Fsp3) is 0.308. The molecule has 0 fully saturated rings. The first-order valence-corrected chi connectivity index (χ1v) is 6.56. The minimum Gasteiger partial charge on any atom is -0.313 e. The van der Waals surface area contributed by atoms with Gasteiger partial charge in [-0.3, -0.25) is 4.68 Å². The molecule has 2 aromatic rings. The molecule has 0 spiro atoms. The summed E-state index contributed by atoms with van der Waals surface area (Å²) >= 11 is 12.3. The Balaban J connectivity index is 2.46. The largest absolute Gasteiger partial charge is 0.313 e. The van der Waals surface area contributed by atoms with Crippen molar-refractivity contribution in [3.8, 4) is 11.3 Å². The molecule has 0 saturated carbocycles. The van der Waals surface area contributed by atoms with Gasteiger partial charge in [0.1, 0.15) is 0 Å². The molecule has 18 heavy (non-hydrogen) atoms. The Labute approximate surface area is 117 Å². The van der Waals surface area contributed by atoms with Crippen LogP contribution in [-0.2, 0) is 13.6 Å². The molecule has 0 amide bonds. The number of rotatable bonds is 4. The third-order valence-electron chi connectivity index (χ3n) is 2.68. The minimum atomic E-state index is 0.550. The van der Waals surface area contributed by atoms with Gasteiger partial charge in [0.25, 0.3) is 0 Å². The normalized spacial score (nSPS) is 10.9. The standard InChI is InChI=1S/C13H15Cl2N3/c1-3-16-7-9-8-18(2)17-13(9)10-5-4-6-11(14)12(10)15/h4-6,8,16H,3,7H2,1-2H3. The van der Waals surface area contributed by atoms with Crippen molar-refractivity contribution < 1.29 is 0 Å². The average molecular weight is 284 g/mol. The molecular formula is C13H15Cl2N3. The number of benzene rings is 1. The van der Waals surface area contributed by atoms with Crippen LogP contribution >= 0.6 is 23.2 Å². The lowest BCUT2D eigenvalue weighted by Crippen LogP contribution is -2.11. The zero-order valence-corrected chi connectivity index (χ0v) is 11.9. The maximum atomic E-state index is 6.24. The summed E-state index contributed by atoms with van der Waals surface area (Å²) in [7, 11) is 1.90. The van der Waals surface area contributed by atoms with Gasteiger partial charge >= 0.3 is 0 Å². The Bertz CT molecular complexity index is 549. The molecule has 2 rings (SSSR count). The highest BCUT2D eigenvalue weighted by atomic mass is 35.5. The number of hydrogen-bond acceptors (Lipinski definition) is 2. The SMILES string of the molecule is CCNCc1cn(C)nc1-c1cccc(Cl)c1Cl. The minimum absolute atomic E-state index is 0.550. The van der Waals surface area contributed by atoms with Crippen molar-refractivity contribution in [2.24, 2.45) is 7.05 Å². The van der Waals surface area contributed by atoms with Crippen LogP contribution in [0.1, 0.15) is 12.5 Å². The molecule has 0 bridgehead atoms. The fourth-order valence-corrected chi connectivity index (χ4v) is 2.23. The topological polar surface area (TPSA) is 29.9 Å². The van der Waals surface area contributed by atoms with E-state index in [1.807, 2.05) is 25.4 Å². The summed E-state index contributed by atoms with van der Waals surface area (Å²) in [6, 6.07) is 5.60. The molecule has 3 nitrogen and oxygen atoms in total. The highest BCUT2D eigenvalue weighted by Gasteiger charge is 2.14. The Kier molecular flexibility index (Phi) is 4.27. The van der Waals surface area contributed by atoms with Crippen LogP contribution in [0.3, 0.4) is 0 Å². The molecule has 0 aliphatic carbocycles. The van der Waals surface area contributed by atoms with Gasteiger partial charge in [-0.05, 0) is 12.6 Å². The first-order chi connectivity index (χ1) is 8.63. The van der Waals surface area contributed by atoms with Gasteiger partial charge in [0.15, 0.2) is 0 Å². The second kappa shape index (κ2) is 5.74. The summed E-state index contributed by atoms with van der Waals surface area (Å²) in [5.41, 5.74) is 2.87. The lowest BCUT2D eigenvalue weighted by Gasteiger charge is -2.06. The van der Waals surface area contributed by atoms with E-state index in [1.54, 1.807) is 10.7 Å². The summed E-state index contributed by atoms with van der Waals surface area (Å²) in [5, 5.41) is 8.86. The molecule has 0 aliphatic rings. The Morgan fingerprint density at radius 2 is 2.11 bits per heavy atom. The molecule has 0 radical (unpaired) electrons. The lowest BCUT2D eigenvalue weighted by atomic mass is 10.1. The summed E-state index contributed by atoms with van der Waals surface area (Å²) in [4.78, 5) is 0. The molecular weight excluding hydrogens is 269 g/mol. The zero-order chi connectivity index (χ0) is 13.1. The van der Waals surface area contributed by atoms with E-state index in [0.29, 0.717) is 10.0 Å². The number of hydrogen-bond donors (Lipinski definition) is 1. The van der Waals surface area contributed by atoms with E-state index in [1.165, 1.54) is 0 Å². The quantitative estimate of drug-likeness (QED) is 0.931. The Hall–Kier alpha value is -1.03. The molecule has 96 valence electrons. The Morgan fingerprint density at radius 1 is 1.33 bits per heavy atom. The van der Waals surface area contributed by atoms with Crippen LogP contribution in [-0.4, -0.2) is 16.3 Å². The number of nitrogens with zero attached hydrogens (tertiary/aromatic N) is 2. The third-order valence-corrected chi connectivity index (χ3v) is 3.50. The van der Waals surface area contributed by atoms with E-state index in [4.69, 9.17) is 23.2 Å². The predicted octanol–water partition coefficient (Wildman–Crippen LogP) is 3.50. The van der Waals surface area contributed by atoms with E-state index in [2.05, 4.69) is 17.3 Å². The second-order valence-corrected chi connectivity index (χ2v) is 4.84. The molecule has 5 heteroatoms. The number of aryl methyl sites for hydroxylation is 1. The first kappa shape index (κ1) is 13.4. The van der Waals surface area contributed by atoms with Crippen molar-refractivity contribution in [3.63, 3.8) is 0 Å². The van der Waals surface area contributed by atoms with Crippen molar-refractivity contribution in [1.82, 2.24) is 15.1 Å². The third kappa shape index (κ3) is 2.69. The van der Waals surface area contributed by atoms with E-state index in [-0.39, 0.29) is 0 Å². The zero-order valence-electron chi connectivity index (χ0n) is 10.4. The Morgan fingerprint density at radius 3 is 2.83 bits per heavy atom. The highest BCUT2D eigenvalue weighted by molar-refractivity contribution is 6.43. The number of halogens is 2. The van der Waals surface area contributed by atoms with Crippen molar-refractivity contribution >= 4 is 23.2 Å². The molecule has 0 atom stereocenters. The second-order valence-electron chi connectivity index (χ2n) is 4.06. The molecule has 1 aromatic heterocycles. The van der Waals surface area contributed by atoms with Crippen LogP contribution in [0.25, 0.3) is 11.3 Å². The summed E-state index contributed by atoms with van der Waals surface area (Å²) < 4.78 is 1.79. The van der Waals surface area contributed by atoms with Crippen molar-refractivity contribution in [2.75, 3.05) is 6.54 Å². The van der Waals surface area contributed by atoms with Crippen molar-refractivity contribution in [3.05, 3.63) is 40.0 Å². The van der Waals surface area contributed by atoms with Gasteiger partial charge in [-0.25, -0.2) is 0 Å². The van der Waals surface area contributed by atoms with Gasteiger partial charge in [-0.1, -0.05) is 42.3 Å². The van der Waals surface area contributed by atoms with E-state index >= 15 is 0 Å². The molecule has 1 N–H and O–H groups in total. The number of aromatic nitrogens is 2. The maximum absolute atomic E-state index is 6.24. The summed E-state index contributed by atoms with van der Waals surface area (Å²) in [6.07, 6.45) is 2.00. The van der Waals surface area contributed by atoms with Gasteiger partial charge in [-0.2, -0.15) is 5.10 Å². The average Bonchev–Trinajstić information content (AvgIpc) is 2.71. The van der Waals surface area contributed by atoms with Crippen LogP contribution in [0.15, 0.2) is 24.4 Å². The smallest absolute Gasteiger partial charge is 0.0983 e. The lowest BCUT2D eigenvalue weighted by molar-refractivity contribution is 0.724. The summed E-state index contributed by atoms with van der Waals surface area (Å²) in [6.45, 7) is 3.75. The van der Waals surface area contributed by atoms with Gasteiger partial charge in [0.2, 0.25) is 0 Å². The van der Waals surface area contributed by atoms with Crippen molar-refractivity contribution in [2.45, 2.75) is 13.5 Å². The van der Waals surface area contributed by atoms with Gasteiger partial charge in [0, 0.05) is 30.9 Å².